The molecule has 2 N–H and O–H groups in total. The van der Waals surface area contributed by atoms with Gasteiger partial charge in [0, 0.05) is 12.1 Å². The fraction of sp³-hybridized carbons (Fsp3) is 0.278. The Bertz CT molecular complexity index is 677. The first-order valence-corrected chi connectivity index (χ1v) is 7.01. The summed E-state index contributed by atoms with van der Waals surface area (Å²) in [6.07, 6.45) is 0.892. The Balaban J connectivity index is 2.01. The van der Waals surface area contributed by atoms with Crippen LogP contribution in [-0.4, -0.2) is 5.71 Å². The number of rotatable bonds is 1. The number of nitrogens with zero attached hydrogens (tertiary/aromatic N) is 1. The summed E-state index contributed by atoms with van der Waals surface area (Å²) < 4.78 is 0. The van der Waals surface area contributed by atoms with Crippen molar-refractivity contribution in [3.05, 3.63) is 59.2 Å². The number of nitrogen functional groups attached to an aromatic ring is 1. The number of nitrogens with two attached hydrogens (primary N) is 1. The maximum absolute atomic E-state index is 6.19. The molecule has 1 aliphatic rings. The summed E-state index contributed by atoms with van der Waals surface area (Å²) in [5.74, 6) is 0. The molecule has 1 aliphatic heterocycles. The standard InChI is InChI=1S/C18H20N2/c1-18(2,3)14-9-13-10-16(12-7-5-4-6-8-12)20-17(13)11-15(14)19/h4-9,11H,10,19H2,1-3H3. The first-order chi connectivity index (χ1) is 9.45. The van der Waals surface area contributed by atoms with Crippen molar-refractivity contribution in [2.45, 2.75) is 32.6 Å². The van der Waals surface area contributed by atoms with Crippen molar-refractivity contribution in [2.24, 2.45) is 4.99 Å². The maximum Gasteiger partial charge on any atom is 0.0689 e. The molecule has 0 spiro atoms. The van der Waals surface area contributed by atoms with Crippen LogP contribution in [0.3, 0.4) is 0 Å². The first-order valence-electron chi connectivity index (χ1n) is 7.01. The SMILES string of the molecule is CC(C)(C)c1cc2c(cc1N)N=C(c1ccccc1)C2. The lowest BCUT2D eigenvalue weighted by atomic mass is 9.84. The van der Waals surface area contributed by atoms with E-state index in [9.17, 15) is 0 Å². The average Bonchev–Trinajstić information content (AvgIpc) is 2.80. The summed E-state index contributed by atoms with van der Waals surface area (Å²) in [4.78, 5) is 4.74. The Kier molecular flexibility index (Phi) is 2.89. The second kappa shape index (κ2) is 4.48. The average molecular weight is 264 g/mol. The molecule has 0 radical (unpaired) electrons. The Morgan fingerprint density at radius 1 is 1.05 bits per heavy atom. The monoisotopic (exact) mass is 264 g/mol. The molecule has 0 fully saturated rings. The molecule has 0 amide bonds. The topological polar surface area (TPSA) is 38.4 Å². The molecule has 0 atom stereocenters. The van der Waals surface area contributed by atoms with E-state index in [1.807, 2.05) is 12.1 Å². The number of fused-ring (bicyclic) bond motifs is 1. The third-order valence-electron chi connectivity index (χ3n) is 3.78. The van der Waals surface area contributed by atoms with Crippen LogP contribution in [0, 0.1) is 0 Å². The van der Waals surface area contributed by atoms with E-state index in [-0.39, 0.29) is 5.41 Å². The van der Waals surface area contributed by atoms with Gasteiger partial charge in [0.15, 0.2) is 0 Å². The number of hydrogen-bond acceptors (Lipinski definition) is 2. The van der Waals surface area contributed by atoms with E-state index in [0.29, 0.717) is 0 Å². The molecule has 2 nitrogen and oxygen atoms in total. The van der Waals surface area contributed by atoms with Gasteiger partial charge in [-0.15, -0.1) is 0 Å². The quantitative estimate of drug-likeness (QED) is 0.768. The van der Waals surface area contributed by atoms with E-state index in [4.69, 9.17) is 10.7 Å². The Labute approximate surface area is 120 Å². The van der Waals surface area contributed by atoms with Crippen LogP contribution in [0.2, 0.25) is 0 Å². The lowest BCUT2D eigenvalue weighted by Crippen LogP contribution is -2.14. The van der Waals surface area contributed by atoms with E-state index in [2.05, 4.69) is 51.1 Å². The van der Waals surface area contributed by atoms with Gasteiger partial charge >= 0.3 is 0 Å². The van der Waals surface area contributed by atoms with E-state index in [0.717, 1.165) is 23.5 Å². The molecule has 0 bridgehead atoms. The number of aliphatic imine (C=N–C) groups is 1. The van der Waals surface area contributed by atoms with Crippen LogP contribution in [0.15, 0.2) is 47.5 Å². The molecule has 2 aromatic carbocycles. The minimum atomic E-state index is 0.0641. The number of hydrogen-bond donors (Lipinski definition) is 1. The van der Waals surface area contributed by atoms with Crippen LogP contribution >= 0.6 is 0 Å². The van der Waals surface area contributed by atoms with Gasteiger partial charge in [0.25, 0.3) is 0 Å². The van der Waals surface area contributed by atoms with Crippen molar-refractivity contribution in [1.29, 1.82) is 0 Å². The summed E-state index contributed by atoms with van der Waals surface area (Å²) in [6.45, 7) is 6.58. The maximum atomic E-state index is 6.19. The van der Waals surface area contributed by atoms with Gasteiger partial charge in [0.05, 0.1) is 11.4 Å². The lowest BCUT2D eigenvalue weighted by Gasteiger charge is -2.22. The van der Waals surface area contributed by atoms with Gasteiger partial charge in [-0.05, 0) is 28.2 Å². The van der Waals surface area contributed by atoms with Gasteiger partial charge in [0.2, 0.25) is 0 Å². The highest BCUT2D eigenvalue weighted by atomic mass is 14.8. The van der Waals surface area contributed by atoms with Crippen molar-refractivity contribution < 1.29 is 0 Å². The van der Waals surface area contributed by atoms with E-state index >= 15 is 0 Å². The molecule has 20 heavy (non-hydrogen) atoms. The molecule has 0 saturated heterocycles. The van der Waals surface area contributed by atoms with Gasteiger partial charge in [0.1, 0.15) is 0 Å². The third-order valence-corrected chi connectivity index (χ3v) is 3.78. The molecule has 0 aromatic heterocycles. The van der Waals surface area contributed by atoms with E-state index < -0.39 is 0 Å². The van der Waals surface area contributed by atoms with Crippen LogP contribution < -0.4 is 5.73 Å². The Morgan fingerprint density at radius 3 is 2.40 bits per heavy atom. The molecule has 102 valence electrons. The van der Waals surface area contributed by atoms with E-state index in [1.165, 1.54) is 16.7 Å². The molecule has 0 aliphatic carbocycles. The van der Waals surface area contributed by atoms with Crippen LogP contribution in [-0.2, 0) is 11.8 Å². The molecule has 2 aromatic rings. The van der Waals surface area contributed by atoms with Crippen molar-refractivity contribution >= 4 is 17.1 Å². The molecular weight excluding hydrogens is 244 g/mol. The van der Waals surface area contributed by atoms with Gasteiger partial charge < -0.3 is 5.73 Å². The molecule has 3 rings (SSSR count). The van der Waals surface area contributed by atoms with Crippen molar-refractivity contribution in [1.82, 2.24) is 0 Å². The molecular formula is C18H20N2. The number of anilines is 1. The third kappa shape index (κ3) is 2.22. The summed E-state index contributed by atoms with van der Waals surface area (Å²) >= 11 is 0. The van der Waals surface area contributed by atoms with Gasteiger partial charge in [-0.25, -0.2) is 0 Å². The second-order valence-electron chi connectivity index (χ2n) is 6.42. The van der Waals surface area contributed by atoms with Gasteiger partial charge in [-0.2, -0.15) is 0 Å². The largest absolute Gasteiger partial charge is 0.398 e. The van der Waals surface area contributed by atoms with Crippen LogP contribution in [0.5, 0.6) is 0 Å². The predicted octanol–water partition coefficient (Wildman–Crippen LogP) is 4.24. The van der Waals surface area contributed by atoms with E-state index in [1.54, 1.807) is 0 Å². The van der Waals surface area contributed by atoms with Crippen molar-refractivity contribution in [3.63, 3.8) is 0 Å². The van der Waals surface area contributed by atoms with Gasteiger partial charge in [-0.1, -0.05) is 57.2 Å². The highest BCUT2D eigenvalue weighted by Gasteiger charge is 2.22. The van der Waals surface area contributed by atoms with Crippen LogP contribution in [0.25, 0.3) is 0 Å². The predicted molar refractivity (Wildman–Crippen MR) is 85.9 cm³/mol. The fourth-order valence-corrected chi connectivity index (χ4v) is 2.71. The molecule has 0 saturated carbocycles. The molecule has 1 heterocycles. The smallest absolute Gasteiger partial charge is 0.0689 e. The van der Waals surface area contributed by atoms with Gasteiger partial charge in [-0.3, -0.25) is 4.99 Å². The second-order valence-corrected chi connectivity index (χ2v) is 6.42. The minimum absolute atomic E-state index is 0.0641. The zero-order chi connectivity index (χ0) is 14.3. The summed E-state index contributed by atoms with van der Waals surface area (Å²) in [6, 6.07) is 14.6. The summed E-state index contributed by atoms with van der Waals surface area (Å²) in [7, 11) is 0. The van der Waals surface area contributed by atoms with Crippen LogP contribution in [0.4, 0.5) is 11.4 Å². The normalized spacial score (nSPS) is 14.1. The Hall–Kier alpha value is -2.09. The zero-order valence-corrected chi connectivity index (χ0v) is 12.3. The minimum Gasteiger partial charge on any atom is -0.398 e. The number of benzene rings is 2. The molecule has 2 heteroatoms. The molecule has 0 unspecified atom stereocenters. The highest BCUT2D eigenvalue weighted by Crippen LogP contribution is 2.37. The fourth-order valence-electron chi connectivity index (χ4n) is 2.71. The van der Waals surface area contributed by atoms with Crippen molar-refractivity contribution in [2.75, 3.05) is 5.73 Å². The zero-order valence-electron chi connectivity index (χ0n) is 12.3. The Morgan fingerprint density at radius 2 is 1.75 bits per heavy atom. The lowest BCUT2D eigenvalue weighted by molar-refractivity contribution is 0.592. The van der Waals surface area contributed by atoms with Crippen LogP contribution in [0.1, 0.15) is 37.5 Å². The first kappa shape index (κ1) is 12.9. The summed E-state index contributed by atoms with van der Waals surface area (Å²) in [5.41, 5.74) is 12.9. The highest BCUT2D eigenvalue weighted by molar-refractivity contribution is 6.06. The van der Waals surface area contributed by atoms with Crippen molar-refractivity contribution in [3.8, 4) is 0 Å². The summed E-state index contributed by atoms with van der Waals surface area (Å²) in [5, 5.41) is 0.